The SMILES string of the molecule is NC(CC(=O)O)C(=O)NC(Cc1cnc[nH]1)C(=O)NC(CC(=O)O)C(=O)NC(CCC(=O)O)C(=O)O. The number of H-pyrrole nitrogens is 1. The van der Waals surface area contributed by atoms with Crippen LogP contribution in [-0.2, 0) is 40.0 Å². The predicted molar refractivity (Wildman–Crippen MR) is 115 cm³/mol. The molecule has 1 rings (SSSR count). The molecule has 0 aliphatic heterocycles. The maximum Gasteiger partial charge on any atom is 0.326 e. The molecule has 0 bridgehead atoms. The van der Waals surface area contributed by atoms with Crippen molar-refractivity contribution in [3.8, 4) is 0 Å². The van der Waals surface area contributed by atoms with Crippen molar-refractivity contribution in [1.82, 2.24) is 25.9 Å². The minimum Gasteiger partial charge on any atom is -0.481 e. The van der Waals surface area contributed by atoms with Gasteiger partial charge in [0.15, 0.2) is 0 Å². The van der Waals surface area contributed by atoms with Crippen molar-refractivity contribution in [1.29, 1.82) is 0 Å². The number of nitrogens with two attached hydrogens (primary N) is 1. The number of carbonyl (C=O) groups is 7. The normalized spacial score (nSPS) is 13.9. The van der Waals surface area contributed by atoms with E-state index in [0.29, 0.717) is 5.69 Å². The highest BCUT2D eigenvalue weighted by Crippen LogP contribution is 2.05. The highest BCUT2D eigenvalue weighted by atomic mass is 16.4. The predicted octanol–water partition coefficient (Wildman–Crippen LogP) is -3.37. The molecule has 198 valence electrons. The van der Waals surface area contributed by atoms with E-state index >= 15 is 0 Å². The summed E-state index contributed by atoms with van der Waals surface area (Å²) in [6.07, 6.45) is -0.508. The Hall–Kier alpha value is -4.54. The first kappa shape index (κ1) is 29.5. The van der Waals surface area contributed by atoms with Crippen LogP contribution in [0.4, 0.5) is 0 Å². The van der Waals surface area contributed by atoms with Crippen molar-refractivity contribution < 1.29 is 54.0 Å². The molecular formula is C19H26N6O11. The van der Waals surface area contributed by atoms with Crippen LogP contribution in [0.25, 0.3) is 0 Å². The molecule has 0 aliphatic carbocycles. The van der Waals surface area contributed by atoms with E-state index in [9.17, 15) is 38.7 Å². The van der Waals surface area contributed by atoms with Crippen LogP contribution in [0.15, 0.2) is 12.5 Å². The highest BCUT2D eigenvalue weighted by Gasteiger charge is 2.32. The van der Waals surface area contributed by atoms with Crippen molar-refractivity contribution in [3.63, 3.8) is 0 Å². The number of nitrogens with one attached hydrogen (secondary N) is 4. The average molecular weight is 514 g/mol. The molecule has 0 radical (unpaired) electrons. The summed E-state index contributed by atoms with van der Waals surface area (Å²) < 4.78 is 0. The molecule has 0 saturated carbocycles. The number of carboxylic acids is 4. The van der Waals surface area contributed by atoms with E-state index < -0.39 is 91.4 Å². The Balaban J connectivity index is 3.06. The third-order valence-corrected chi connectivity index (χ3v) is 4.62. The van der Waals surface area contributed by atoms with Crippen molar-refractivity contribution in [2.45, 2.75) is 56.3 Å². The molecular weight excluding hydrogens is 488 g/mol. The summed E-state index contributed by atoms with van der Waals surface area (Å²) in [7, 11) is 0. The van der Waals surface area contributed by atoms with Crippen LogP contribution in [0.2, 0.25) is 0 Å². The van der Waals surface area contributed by atoms with Gasteiger partial charge in [-0.15, -0.1) is 0 Å². The first-order valence-corrected chi connectivity index (χ1v) is 10.3. The van der Waals surface area contributed by atoms with Gasteiger partial charge in [0.05, 0.1) is 25.2 Å². The Morgan fingerprint density at radius 1 is 0.806 bits per heavy atom. The molecule has 1 aromatic heterocycles. The molecule has 36 heavy (non-hydrogen) atoms. The van der Waals surface area contributed by atoms with Crippen LogP contribution < -0.4 is 21.7 Å². The molecule has 10 N–H and O–H groups in total. The van der Waals surface area contributed by atoms with Crippen LogP contribution >= 0.6 is 0 Å². The van der Waals surface area contributed by atoms with Crippen LogP contribution in [0.5, 0.6) is 0 Å². The summed E-state index contributed by atoms with van der Waals surface area (Å²) in [5.41, 5.74) is 5.84. The largest absolute Gasteiger partial charge is 0.481 e. The molecule has 1 heterocycles. The maximum atomic E-state index is 12.9. The number of nitrogens with zero attached hydrogens (tertiary/aromatic N) is 1. The first-order valence-electron chi connectivity index (χ1n) is 10.3. The second kappa shape index (κ2) is 14.0. The highest BCUT2D eigenvalue weighted by molar-refractivity contribution is 5.96. The Kier molecular flexibility index (Phi) is 11.5. The number of imidazole rings is 1. The van der Waals surface area contributed by atoms with Crippen molar-refractivity contribution >= 4 is 41.6 Å². The lowest BCUT2D eigenvalue weighted by atomic mass is 10.1. The Bertz CT molecular complexity index is 981. The monoisotopic (exact) mass is 514 g/mol. The summed E-state index contributed by atoms with van der Waals surface area (Å²) in [5, 5.41) is 42.2. The van der Waals surface area contributed by atoms with Gasteiger partial charge in [-0.25, -0.2) is 9.78 Å². The van der Waals surface area contributed by atoms with E-state index in [1.807, 2.05) is 5.32 Å². The quantitative estimate of drug-likeness (QED) is 0.104. The third-order valence-electron chi connectivity index (χ3n) is 4.62. The molecule has 17 heteroatoms. The van der Waals surface area contributed by atoms with Crippen LogP contribution in [-0.4, -0.2) is 96.2 Å². The molecule has 0 fully saturated rings. The lowest BCUT2D eigenvalue weighted by molar-refractivity contribution is -0.144. The van der Waals surface area contributed by atoms with Gasteiger partial charge in [-0.2, -0.15) is 0 Å². The smallest absolute Gasteiger partial charge is 0.326 e. The molecule has 4 unspecified atom stereocenters. The second-order valence-electron chi connectivity index (χ2n) is 7.54. The lowest BCUT2D eigenvalue weighted by Gasteiger charge is -2.24. The summed E-state index contributed by atoms with van der Waals surface area (Å²) >= 11 is 0. The van der Waals surface area contributed by atoms with Gasteiger partial charge in [0.25, 0.3) is 0 Å². The van der Waals surface area contributed by atoms with Gasteiger partial charge in [-0.3, -0.25) is 28.8 Å². The number of rotatable bonds is 16. The van der Waals surface area contributed by atoms with Crippen LogP contribution in [0.1, 0.15) is 31.4 Å². The molecule has 3 amide bonds. The maximum absolute atomic E-state index is 12.9. The number of aromatic nitrogens is 2. The third kappa shape index (κ3) is 10.6. The molecule has 1 aromatic rings. The van der Waals surface area contributed by atoms with Gasteiger partial charge in [-0.05, 0) is 6.42 Å². The standard InChI is InChI=1S/C19H26N6O11/c20-9(4-14(28)29)16(32)24-11(3-8-6-21-7-22-8)17(33)25-12(5-15(30)31)18(34)23-10(19(35)36)1-2-13(26)27/h6-7,9-12H,1-5,20H2,(H,21,22)(H,23,34)(H,24,32)(H,25,33)(H,26,27)(H,28,29)(H,30,31)(H,35,36). The lowest BCUT2D eigenvalue weighted by Crippen LogP contribution is -2.58. The van der Waals surface area contributed by atoms with E-state index in [-0.39, 0.29) is 6.42 Å². The molecule has 0 spiro atoms. The summed E-state index contributed by atoms with van der Waals surface area (Å²) in [4.78, 5) is 88.3. The van der Waals surface area contributed by atoms with Gasteiger partial charge in [0.2, 0.25) is 17.7 Å². The van der Waals surface area contributed by atoms with Gasteiger partial charge >= 0.3 is 23.9 Å². The van der Waals surface area contributed by atoms with Crippen molar-refractivity contribution in [2.24, 2.45) is 5.73 Å². The van der Waals surface area contributed by atoms with Gasteiger partial charge in [-0.1, -0.05) is 0 Å². The molecule has 17 nitrogen and oxygen atoms in total. The number of hydrogen-bond donors (Lipinski definition) is 9. The van der Waals surface area contributed by atoms with Crippen LogP contribution in [0, 0.1) is 0 Å². The van der Waals surface area contributed by atoms with Gasteiger partial charge in [0, 0.05) is 24.7 Å². The average Bonchev–Trinajstić information content (AvgIpc) is 3.27. The fourth-order valence-electron chi connectivity index (χ4n) is 2.84. The molecule has 0 saturated heterocycles. The zero-order valence-corrected chi connectivity index (χ0v) is 18.7. The van der Waals surface area contributed by atoms with Crippen LogP contribution in [0.3, 0.4) is 0 Å². The fraction of sp³-hybridized carbons (Fsp3) is 0.474. The van der Waals surface area contributed by atoms with E-state index in [2.05, 4.69) is 20.6 Å². The van der Waals surface area contributed by atoms with E-state index in [1.165, 1.54) is 12.5 Å². The van der Waals surface area contributed by atoms with E-state index in [1.54, 1.807) is 0 Å². The first-order chi connectivity index (χ1) is 16.8. The Morgan fingerprint density at radius 2 is 1.36 bits per heavy atom. The zero-order chi connectivity index (χ0) is 27.4. The Morgan fingerprint density at radius 3 is 1.86 bits per heavy atom. The number of carboxylic acid groups (broad SMARTS) is 4. The number of aliphatic carboxylic acids is 4. The zero-order valence-electron chi connectivity index (χ0n) is 18.7. The Labute approximate surface area is 202 Å². The molecule has 0 aromatic carbocycles. The van der Waals surface area contributed by atoms with Gasteiger partial charge < -0.3 is 47.1 Å². The summed E-state index contributed by atoms with van der Waals surface area (Å²) in [5.74, 6) is -9.13. The summed E-state index contributed by atoms with van der Waals surface area (Å²) in [6, 6.07) is -6.49. The molecule has 4 atom stereocenters. The minimum absolute atomic E-state index is 0.241. The van der Waals surface area contributed by atoms with Gasteiger partial charge in [0.1, 0.15) is 18.1 Å². The number of aromatic amines is 1. The number of amides is 3. The number of carbonyl (C=O) groups excluding carboxylic acids is 3. The van der Waals surface area contributed by atoms with E-state index in [4.69, 9.17) is 21.1 Å². The minimum atomic E-state index is -1.81. The topological polar surface area (TPSA) is 291 Å². The summed E-state index contributed by atoms with van der Waals surface area (Å²) in [6.45, 7) is 0. The van der Waals surface area contributed by atoms with E-state index in [0.717, 1.165) is 0 Å². The number of hydrogen-bond acceptors (Lipinski definition) is 9. The van der Waals surface area contributed by atoms with Crippen molar-refractivity contribution in [2.75, 3.05) is 0 Å². The molecule has 0 aliphatic rings. The van der Waals surface area contributed by atoms with Crippen molar-refractivity contribution in [3.05, 3.63) is 18.2 Å². The second-order valence-corrected chi connectivity index (χ2v) is 7.54. The fourth-order valence-corrected chi connectivity index (χ4v) is 2.84.